The van der Waals surface area contributed by atoms with Crippen molar-refractivity contribution in [3.8, 4) is 0 Å². The summed E-state index contributed by atoms with van der Waals surface area (Å²) in [6, 6.07) is 10.6. The molecule has 1 saturated heterocycles. The normalized spacial score (nSPS) is 15.9. The van der Waals surface area contributed by atoms with Crippen LogP contribution in [0.3, 0.4) is 0 Å². The van der Waals surface area contributed by atoms with Crippen LogP contribution in [0, 0.1) is 0 Å². The minimum atomic E-state index is -0.00256. The second kappa shape index (κ2) is 7.37. The van der Waals surface area contributed by atoms with Gasteiger partial charge in [-0.05, 0) is 26.0 Å². The highest BCUT2D eigenvalue weighted by atomic mass is 16.5. The first-order valence-electron chi connectivity index (χ1n) is 9.74. The second-order valence-electron chi connectivity index (χ2n) is 7.51. The van der Waals surface area contributed by atoms with Gasteiger partial charge in [-0.25, -0.2) is 0 Å². The highest BCUT2D eigenvalue weighted by Crippen LogP contribution is 2.33. The van der Waals surface area contributed by atoms with Crippen LogP contribution in [-0.2, 0) is 11.8 Å². The lowest BCUT2D eigenvalue weighted by Crippen LogP contribution is -2.41. The van der Waals surface area contributed by atoms with Crippen molar-refractivity contribution in [1.82, 2.24) is 19.4 Å². The van der Waals surface area contributed by atoms with Gasteiger partial charge in [0.25, 0.3) is 5.91 Å². The van der Waals surface area contributed by atoms with Gasteiger partial charge in [0.05, 0.1) is 29.8 Å². The van der Waals surface area contributed by atoms with Crippen LogP contribution in [0.15, 0.2) is 30.3 Å². The summed E-state index contributed by atoms with van der Waals surface area (Å²) in [4.78, 5) is 15.3. The first-order valence-corrected chi connectivity index (χ1v) is 9.74. The lowest BCUT2D eigenvalue weighted by Gasteiger charge is -2.26. The van der Waals surface area contributed by atoms with E-state index >= 15 is 0 Å². The van der Waals surface area contributed by atoms with E-state index in [1.54, 1.807) is 0 Å². The summed E-state index contributed by atoms with van der Waals surface area (Å²) in [5, 5.41) is 4.30. The minimum absolute atomic E-state index is 0.00256. The average Bonchev–Trinajstić information content (AvgIpc) is 3.20. The molecule has 0 unspecified atom stereocenters. The molecule has 0 spiro atoms. The molecule has 3 aromatic rings. The van der Waals surface area contributed by atoms with Gasteiger partial charge in [-0.3, -0.25) is 9.69 Å². The van der Waals surface area contributed by atoms with Gasteiger partial charge in [-0.2, -0.15) is 0 Å². The molecule has 1 N–H and O–H groups in total. The Bertz CT molecular complexity index is 964. The van der Waals surface area contributed by atoms with Crippen LogP contribution >= 0.6 is 0 Å². The van der Waals surface area contributed by atoms with Gasteiger partial charge in [0.1, 0.15) is 5.69 Å². The van der Waals surface area contributed by atoms with E-state index in [2.05, 4.69) is 64.5 Å². The van der Waals surface area contributed by atoms with Crippen molar-refractivity contribution in [1.29, 1.82) is 0 Å². The average molecular weight is 368 g/mol. The van der Waals surface area contributed by atoms with Crippen molar-refractivity contribution in [3.05, 3.63) is 36.0 Å². The molecule has 0 aliphatic carbocycles. The number of rotatable bonds is 5. The van der Waals surface area contributed by atoms with Crippen LogP contribution in [0.25, 0.3) is 21.9 Å². The van der Waals surface area contributed by atoms with Gasteiger partial charge >= 0.3 is 0 Å². The number of benzene rings is 1. The largest absolute Gasteiger partial charge is 0.379 e. The second-order valence-corrected chi connectivity index (χ2v) is 7.51. The highest BCUT2D eigenvalue weighted by Gasteiger charge is 2.22. The fourth-order valence-electron chi connectivity index (χ4n) is 4.09. The summed E-state index contributed by atoms with van der Waals surface area (Å²) < 4.78 is 9.72. The Labute approximate surface area is 159 Å². The van der Waals surface area contributed by atoms with Gasteiger partial charge in [0, 0.05) is 44.7 Å². The predicted molar refractivity (Wildman–Crippen MR) is 108 cm³/mol. The fourth-order valence-corrected chi connectivity index (χ4v) is 4.09. The molecule has 3 heterocycles. The van der Waals surface area contributed by atoms with E-state index in [0.717, 1.165) is 49.6 Å². The molecule has 1 aromatic carbocycles. The minimum Gasteiger partial charge on any atom is -0.379 e. The zero-order chi connectivity index (χ0) is 19.0. The predicted octanol–water partition coefficient (Wildman–Crippen LogP) is 2.78. The van der Waals surface area contributed by atoms with Gasteiger partial charge in [-0.15, -0.1) is 0 Å². The van der Waals surface area contributed by atoms with E-state index in [1.165, 1.54) is 10.9 Å². The maximum absolute atomic E-state index is 12.9. The summed E-state index contributed by atoms with van der Waals surface area (Å²) in [6.45, 7) is 9.21. The number of fused-ring (bicyclic) bond motifs is 3. The number of para-hydroxylation sites is 1. The molecule has 0 bridgehead atoms. The molecular weight excluding hydrogens is 340 g/mol. The van der Waals surface area contributed by atoms with Crippen molar-refractivity contribution < 1.29 is 9.53 Å². The Hall–Kier alpha value is -2.31. The fraction of sp³-hybridized carbons (Fsp3) is 0.476. The van der Waals surface area contributed by atoms with E-state index in [9.17, 15) is 4.79 Å². The first-order chi connectivity index (χ1) is 13.1. The van der Waals surface area contributed by atoms with Crippen molar-refractivity contribution >= 4 is 27.8 Å². The molecule has 0 atom stereocenters. The number of ether oxygens (including phenoxy) is 1. The number of hydrogen-bond donors (Lipinski definition) is 1. The topological polar surface area (TPSA) is 51.4 Å². The number of aryl methyl sites for hydroxylation is 1. The number of aromatic nitrogens is 2. The van der Waals surface area contributed by atoms with Crippen LogP contribution in [0.4, 0.5) is 0 Å². The maximum Gasteiger partial charge on any atom is 0.268 e. The van der Waals surface area contributed by atoms with Crippen molar-refractivity contribution in [3.63, 3.8) is 0 Å². The standard InChI is InChI=1S/C21H28N4O2/c1-15(2)25-19(21(26)22-8-9-24-10-12-27-13-11-24)14-18-20(25)16-6-4-5-7-17(16)23(18)3/h4-7,14-15H,8-13H2,1-3H3,(H,22,26). The van der Waals surface area contributed by atoms with Crippen LogP contribution < -0.4 is 5.32 Å². The third-order valence-corrected chi connectivity index (χ3v) is 5.46. The number of hydrogen-bond acceptors (Lipinski definition) is 3. The Balaban J connectivity index is 1.61. The number of nitrogens with zero attached hydrogens (tertiary/aromatic N) is 3. The monoisotopic (exact) mass is 368 g/mol. The van der Waals surface area contributed by atoms with E-state index in [-0.39, 0.29) is 11.9 Å². The van der Waals surface area contributed by atoms with Crippen molar-refractivity contribution in [2.75, 3.05) is 39.4 Å². The lowest BCUT2D eigenvalue weighted by molar-refractivity contribution is 0.0383. The summed E-state index contributed by atoms with van der Waals surface area (Å²) in [5.41, 5.74) is 4.17. The van der Waals surface area contributed by atoms with E-state index in [1.807, 2.05) is 6.07 Å². The molecule has 2 aromatic heterocycles. The Morgan fingerprint density at radius 1 is 1.19 bits per heavy atom. The molecule has 4 rings (SSSR count). The Morgan fingerprint density at radius 2 is 1.93 bits per heavy atom. The quantitative estimate of drug-likeness (QED) is 0.753. The van der Waals surface area contributed by atoms with E-state index in [0.29, 0.717) is 6.54 Å². The molecule has 1 aliphatic rings. The molecule has 144 valence electrons. The van der Waals surface area contributed by atoms with Crippen LogP contribution in [-0.4, -0.2) is 59.3 Å². The number of nitrogens with one attached hydrogen (secondary N) is 1. The third-order valence-electron chi connectivity index (χ3n) is 5.46. The van der Waals surface area contributed by atoms with Crippen LogP contribution in [0.1, 0.15) is 30.4 Å². The van der Waals surface area contributed by atoms with Crippen LogP contribution in [0.2, 0.25) is 0 Å². The highest BCUT2D eigenvalue weighted by molar-refractivity contribution is 6.10. The molecule has 1 fully saturated rings. The number of amides is 1. The zero-order valence-corrected chi connectivity index (χ0v) is 16.4. The Kier molecular flexibility index (Phi) is 4.93. The molecular formula is C21H28N4O2. The van der Waals surface area contributed by atoms with Gasteiger partial charge in [0.15, 0.2) is 0 Å². The number of carbonyl (C=O) groups excluding carboxylic acids is 1. The van der Waals surface area contributed by atoms with Gasteiger partial charge in [0.2, 0.25) is 0 Å². The summed E-state index contributed by atoms with van der Waals surface area (Å²) in [7, 11) is 2.06. The van der Waals surface area contributed by atoms with Gasteiger partial charge in [-0.1, -0.05) is 18.2 Å². The molecule has 1 aliphatic heterocycles. The third kappa shape index (κ3) is 3.24. The lowest BCUT2D eigenvalue weighted by atomic mass is 10.2. The maximum atomic E-state index is 12.9. The van der Waals surface area contributed by atoms with Crippen molar-refractivity contribution in [2.24, 2.45) is 7.05 Å². The van der Waals surface area contributed by atoms with E-state index in [4.69, 9.17) is 4.74 Å². The molecule has 0 radical (unpaired) electrons. The summed E-state index contributed by atoms with van der Waals surface area (Å²) >= 11 is 0. The zero-order valence-electron chi connectivity index (χ0n) is 16.4. The van der Waals surface area contributed by atoms with Crippen molar-refractivity contribution in [2.45, 2.75) is 19.9 Å². The number of morpholine rings is 1. The molecule has 6 nitrogen and oxygen atoms in total. The van der Waals surface area contributed by atoms with Gasteiger partial charge < -0.3 is 19.2 Å². The SMILES string of the molecule is CC(C)n1c(C(=O)NCCN2CCOCC2)cc2c1c1ccccc1n2C. The summed E-state index contributed by atoms with van der Waals surface area (Å²) in [5.74, 6) is -0.00256. The molecule has 27 heavy (non-hydrogen) atoms. The van der Waals surface area contributed by atoms with Crippen LogP contribution in [0.5, 0.6) is 0 Å². The molecule has 1 amide bonds. The first kappa shape index (κ1) is 18.1. The molecule has 6 heteroatoms. The summed E-state index contributed by atoms with van der Waals surface area (Å²) in [6.07, 6.45) is 0. The smallest absolute Gasteiger partial charge is 0.268 e. The Morgan fingerprint density at radius 3 is 2.67 bits per heavy atom. The van der Waals surface area contributed by atoms with E-state index < -0.39 is 0 Å². The number of carbonyl (C=O) groups is 1. The molecule has 0 saturated carbocycles.